The maximum absolute atomic E-state index is 12.8. The lowest BCUT2D eigenvalue weighted by Gasteiger charge is -2.37. The van der Waals surface area contributed by atoms with Crippen molar-refractivity contribution < 1.29 is 45.6 Å². The number of nitrogens with one attached hydrogen (secondary N) is 2. The topological polar surface area (TPSA) is 205 Å². The first-order valence-electron chi connectivity index (χ1n) is 30.6. The zero-order valence-electron chi connectivity index (χ0n) is 62.9. The third-order valence-electron chi connectivity index (χ3n) is 14.6. The summed E-state index contributed by atoms with van der Waals surface area (Å²) in [4.78, 5) is 23.5. The second-order valence-corrected chi connectivity index (χ2v) is 46.1. The van der Waals surface area contributed by atoms with Gasteiger partial charge in [0, 0.05) is 25.1 Å². The average Bonchev–Trinajstić information content (AvgIpc) is 0.829. The third kappa shape index (κ3) is 46.2. The van der Waals surface area contributed by atoms with Gasteiger partial charge in [-0.25, -0.2) is 31.7 Å². The number of benzene rings is 4. The van der Waals surface area contributed by atoms with Gasteiger partial charge in [-0.3, -0.25) is 0 Å². The van der Waals surface area contributed by atoms with Crippen LogP contribution in [0.25, 0.3) is 0 Å². The molecule has 0 aliphatic rings. The molecule has 0 saturated carbocycles. The number of carbonyl (C=O) groups is 2. The van der Waals surface area contributed by atoms with Crippen LogP contribution >= 0.6 is 147 Å². The molecule has 0 aliphatic carbocycles. The van der Waals surface area contributed by atoms with E-state index in [1.807, 2.05) is 101 Å². The molecule has 584 valence electrons. The van der Waals surface area contributed by atoms with Gasteiger partial charge >= 0.3 is 11.9 Å². The molecule has 99 heavy (non-hydrogen) atoms. The molecule has 5 N–H and O–H groups in total. The van der Waals surface area contributed by atoms with Crippen molar-refractivity contribution in [2.45, 2.75) is 242 Å². The molecule has 0 aliphatic heterocycles. The minimum absolute atomic E-state index is 0. The average molecular weight is 1860 g/mol. The Bertz CT molecular complexity index is 3010. The summed E-state index contributed by atoms with van der Waals surface area (Å²) in [6.07, 6.45) is 4.02. The highest BCUT2D eigenvalue weighted by Crippen LogP contribution is 2.39. The van der Waals surface area contributed by atoms with E-state index in [-0.39, 0.29) is 146 Å². The molecular weight excluding hydrogens is 1720 g/mol. The number of alkyl halides is 1. The van der Waals surface area contributed by atoms with E-state index in [0.29, 0.717) is 37.6 Å². The molecule has 0 amide bonds. The third-order valence-corrected chi connectivity index (χ3v) is 30.4. The summed E-state index contributed by atoms with van der Waals surface area (Å²) in [6.45, 7) is 54.8. The smallest absolute Gasteiger partial charge is 0.338 e. The molecule has 29 heteroatoms. The number of ether oxygens (including phenoxy) is 2. The molecule has 0 radical (unpaired) electrons. The Balaban J connectivity index is -0.000000129. The summed E-state index contributed by atoms with van der Waals surface area (Å²) < 4.78 is 72.6. The zero-order valence-corrected chi connectivity index (χ0v) is 79.4. The van der Waals surface area contributed by atoms with E-state index in [1.54, 1.807) is 44.3 Å². The first-order chi connectivity index (χ1) is 41.5. The van der Waals surface area contributed by atoms with Gasteiger partial charge in [0.2, 0.25) is 0 Å². The van der Waals surface area contributed by atoms with Crippen molar-refractivity contribution in [2.75, 3.05) is 39.4 Å². The van der Waals surface area contributed by atoms with E-state index < -0.39 is 60.4 Å². The van der Waals surface area contributed by atoms with Crippen LogP contribution in [0.15, 0.2) is 86.1 Å². The Morgan fingerprint density at radius 2 is 0.879 bits per heavy atom. The number of rotatable bonds is 20. The van der Waals surface area contributed by atoms with Gasteiger partial charge < -0.3 is 29.2 Å². The van der Waals surface area contributed by atoms with Gasteiger partial charge in [-0.05, 0) is 263 Å². The molecule has 0 heterocycles. The molecule has 0 spiro atoms. The largest absolute Gasteiger partial charge is 0.462 e. The fourth-order valence-electron chi connectivity index (χ4n) is 6.88. The second-order valence-electron chi connectivity index (χ2n) is 27.6. The van der Waals surface area contributed by atoms with Crippen LogP contribution in [0.2, 0.25) is 36.3 Å². The fourth-order valence-corrected chi connectivity index (χ4v) is 12.4. The number of hydrogen-bond acceptors (Lipinski definition) is 11. The van der Waals surface area contributed by atoms with Crippen molar-refractivity contribution in [2.24, 2.45) is 10.1 Å². The van der Waals surface area contributed by atoms with E-state index in [0.717, 1.165) is 48.7 Å². The van der Waals surface area contributed by atoms with Crippen LogP contribution in [0, 0.1) is 31.3 Å². The van der Waals surface area contributed by atoms with E-state index in [1.165, 1.54) is 15.5 Å². The molecular formula is C70H134Br2ClIN4O10S9Si2. The predicted molar refractivity (Wildman–Crippen MR) is 487 cm³/mol. The van der Waals surface area contributed by atoms with Crippen LogP contribution in [0.3, 0.4) is 0 Å². The highest BCUT2D eigenvalue weighted by Gasteiger charge is 2.40. The van der Waals surface area contributed by atoms with Gasteiger partial charge in [0.05, 0.1) is 98.5 Å². The van der Waals surface area contributed by atoms with Crippen molar-refractivity contribution >= 4 is 215 Å². The number of aliphatic hydroxyl groups is 1. The first-order valence-corrected chi connectivity index (χ1v) is 43.2. The van der Waals surface area contributed by atoms with Gasteiger partial charge in [0.15, 0.2) is 16.6 Å². The SMILES string of the molecule is C.C.CCC=N[S@@](=O)C(C)(C)C.CCOC(=O)c1ccc([C@@H](CO[Si](C)(C)C(C)(C)C)N[S@@](=O)C(C)(C)C)c(C)c1.CCOC(=O)c1ccc([C@H](N)CO)c(C)c1.CCl.Cc1cc(Br)ccc1I.Cc1cc(Br)ccc1[C@@H](CO[Si](C)(C)C(C)(C)C)N[S@@](=O)C(C)(C)C.S.S.S.S.S.S. The minimum Gasteiger partial charge on any atom is -0.462 e. The standard InChI is InChI=1S/C22H39NO4SSi.C19H34BrNO2SSi.C12H17NO3.C7H6BrI.C7H15NOS.CH3Cl.2CH4.6H2S/c1-11-26-20(24)17-12-13-18(16(2)14-17)19(23-28(25)21(3,4)5)15-27-29(9,10)22(6,7)8;1-14-12-15(20)10-11-16(14)17(21-24(22)18(2,3)4)13-23-25(8,9)19(5,6)7;1-3-16-12(15)9-4-5-10(8(2)6-9)11(13)7-14;1-5-4-6(8)2-3-7(5)9;1-5-6-8-10(9)7(2,3)4;1-2;;;;;;;;/h12-14,19,23H,11,15H2,1-10H3;10-12,17,21H,13H2,1-9H3;4-6,11,14H,3,7,13H2,1-2H3;2-4H,1H3;6H,5H2,1-4H3;1H3;2*1H4;6*1H2/t19-,28+;17-,24+;11-;;10-;;;;;;;;;/m111.0........./s1. The summed E-state index contributed by atoms with van der Waals surface area (Å²) in [5.41, 5.74) is 14.0. The fraction of sp³-hybridized carbons (Fsp3) is 0.614. The first kappa shape index (κ1) is 120. The van der Waals surface area contributed by atoms with Crippen molar-refractivity contribution in [3.8, 4) is 0 Å². The monoisotopic (exact) mass is 1850 g/mol. The summed E-state index contributed by atoms with van der Waals surface area (Å²) in [5.74, 6) is -0.669. The number of aliphatic hydroxyl groups excluding tert-OH is 1. The molecule has 0 aromatic heterocycles. The quantitative estimate of drug-likeness (QED) is 0.0215. The van der Waals surface area contributed by atoms with Crippen molar-refractivity contribution in [1.29, 1.82) is 0 Å². The molecule has 6 atom stereocenters. The molecule has 0 unspecified atom stereocenters. The van der Waals surface area contributed by atoms with E-state index in [4.69, 9.17) is 29.2 Å². The minimum atomic E-state index is -1.97. The van der Waals surface area contributed by atoms with E-state index in [9.17, 15) is 22.2 Å². The van der Waals surface area contributed by atoms with Gasteiger partial charge in [-0.1, -0.05) is 113 Å². The van der Waals surface area contributed by atoms with Crippen LogP contribution in [0.4, 0.5) is 0 Å². The summed E-state index contributed by atoms with van der Waals surface area (Å²) in [6, 6.07) is 22.4. The Labute approximate surface area is 689 Å². The number of nitrogens with two attached hydrogens (primary N) is 1. The highest BCUT2D eigenvalue weighted by molar-refractivity contribution is 14.1. The van der Waals surface area contributed by atoms with Gasteiger partial charge in [-0.2, -0.15) is 85.4 Å². The highest BCUT2D eigenvalue weighted by atomic mass is 127. The van der Waals surface area contributed by atoms with Gasteiger partial charge in [-0.15, -0.1) is 11.6 Å². The predicted octanol–water partition coefficient (Wildman–Crippen LogP) is 20.4. The van der Waals surface area contributed by atoms with Crippen LogP contribution < -0.4 is 15.2 Å². The molecule has 4 aromatic rings. The second kappa shape index (κ2) is 56.5. The lowest BCUT2D eigenvalue weighted by Crippen LogP contribution is -2.44. The summed E-state index contributed by atoms with van der Waals surface area (Å²) >= 11 is 13.9. The zero-order chi connectivity index (χ0) is 71.4. The number of esters is 2. The van der Waals surface area contributed by atoms with E-state index in [2.05, 4.69) is 192 Å². The normalized spacial score (nSPS) is 13.0. The molecule has 4 rings (SSSR count). The van der Waals surface area contributed by atoms with E-state index >= 15 is 0 Å². The Hall–Kier alpha value is 0.214. The van der Waals surface area contributed by atoms with Gasteiger partial charge in [0.1, 0.15) is 11.0 Å². The van der Waals surface area contributed by atoms with Gasteiger partial charge in [0.25, 0.3) is 0 Å². The molecule has 14 nitrogen and oxygen atoms in total. The number of aryl methyl sites for hydroxylation is 4. The van der Waals surface area contributed by atoms with Crippen LogP contribution in [-0.2, 0) is 51.3 Å². The van der Waals surface area contributed by atoms with Crippen LogP contribution in [0.1, 0.15) is 224 Å². The molecule has 0 fully saturated rings. The lowest BCUT2D eigenvalue weighted by molar-refractivity contribution is 0.0516. The van der Waals surface area contributed by atoms with Crippen molar-refractivity contribution in [3.05, 3.63) is 135 Å². The Kier molecular flexibility index (Phi) is 68.6. The summed E-state index contributed by atoms with van der Waals surface area (Å²) in [5, 5.41) is 9.19. The maximum atomic E-state index is 12.8. The van der Waals surface area contributed by atoms with Crippen molar-refractivity contribution in [1.82, 2.24) is 9.44 Å². The molecule has 0 bridgehead atoms. The number of carbonyl (C=O) groups excluding carboxylic acids is 2. The summed E-state index contributed by atoms with van der Waals surface area (Å²) in [7, 11) is -7.32. The van der Waals surface area contributed by atoms with Crippen LogP contribution in [-0.4, -0.2) is 106 Å². The Morgan fingerprint density at radius 1 is 0.566 bits per heavy atom. The number of nitrogens with zero attached hydrogens (tertiary/aromatic N) is 1. The Morgan fingerprint density at radius 3 is 1.14 bits per heavy atom. The lowest BCUT2D eigenvalue weighted by atomic mass is 10.00. The number of halogens is 4. The maximum Gasteiger partial charge on any atom is 0.338 e. The number of hydrogen-bond donors (Lipinski definition) is 4. The molecule has 4 aromatic carbocycles. The van der Waals surface area contributed by atoms with Crippen molar-refractivity contribution in [3.63, 3.8) is 0 Å². The molecule has 0 saturated heterocycles. The van der Waals surface area contributed by atoms with Crippen LogP contribution in [0.5, 0.6) is 0 Å².